The van der Waals surface area contributed by atoms with E-state index < -0.39 is 0 Å². The molecule has 0 saturated carbocycles. The van der Waals surface area contributed by atoms with Crippen LogP contribution in [-0.2, 0) is 14.3 Å². The maximum absolute atomic E-state index is 13.8. The van der Waals surface area contributed by atoms with E-state index in [1.54, 1.807) is 6.07 Å². The van der Waals surface area contributed by atoms with Gasteiger partial charge < -0.3 is 9.84 Å². The highest BCUT2D eigenvalue weighted by molar-refractivity contribution is 6.22. The molecule has 2 amide bonds. The van der Waals surface area contributed by atoms with Gasteiger partial charge in [-0.2, -0.15) is 0 Å². The Balaban J connectivity index is 1.30. The van der Waals surface area contributed by atoms with Crippen LogP contribution in [0.25, 0.3) is 11.6 Å². The standard InChI is InChI=1S/C35H35NO4/c1-22(2)27-20-28-33(35(39)36(34(28)38)26-14-7-4-8-15-26)29-21-40-31(32(27)29)18-17-24(23-11-5-3-6-12-23)19-25-13-9-10-16-30(25)37/h3-16,19,22,28-29,31,33,37H,17-18,20-21H2,1-2H3/b24-19-/t28-,29+,31-,33-/m1/s1. The second-order valence-corrected chi connectivity index (χ2v) is 11.4. The van der Waals surface area contributed by atoms with E-state index in [4.69, 9.17) is 4.74 Å². The number of hydrogen-bond acceptors (Lipinski definition) is 4. The Bertz CT molecular complexity index is 1470. The molecule has 2 fully saturated rings. The first kappa shape index (κ1) is 26.3. The van der Waals surface area contributed by atoms with Gasteiger partial charge in [0.2, 0.25) is 11.8 Å². The van der Waals surface area contributed by atoms with Gasteiger partial charge in [0.25, 0.3) is 0 Å². The van der Waals surface area contributed by atoms with Crippen molar-refractivity contribution < 1.29 is 19.4 Å². The van der Waals surface area contributed by atoms with Crippen molar-refractivity contribution in [1.29, 1.82) is 0 Å². The van der Waals surface area contributed by atoms with E-state index in [0.717, 1.165) is 29.5 Å². The minimum Gasteiger partial charge on any atom is -0.507 e. The van der Waals surface area contributed by atoms with Crippen molar-refractivity contribution in [2.24, 2.45) is 23.7 Å². The number of carbonyl (C=O) groups is 2. The van der Waals surface area contributed by atoms with Gasteiger partial charge in [0.05, 0.1) is 30.2 Å². The average Bonchev–Trinajstić information content (AvgIpc) is 3.50. The first-order valence-corrected chi connectivity index (χ1v) is 14.2. The molecular weight excluding hydrogens is 498 g/mol. The number of imide groups is 1. The SMILES string of the molecule is CC(C)C1=C2[C@@H](CC/C(=C/c3ccccc3O)c3ccccc3)OC[C@@H]2[C@@H]2C(=O)N(c3ccccc3)C(=O)[C@@H]2C1. The van der Waals surface area contributed by atoms with Gasteiger partial charge in [-0.15, -0.1) is 0 Å². The van der Waals surface area contributed by atoms with Crippen LogP contribution in [0.4, 0.5) is 5.69 Å². The molecule has 2 heterocycles. The van der Waals surface area contributed by atoms with Gasteiger partial charge in [-0.3, -0.25) is 14.5 Å². The molecule has 1 aliphatic carbocycles. The number of phenolic OH excluding ortho intramolecular Hbond substituents is 1. The summed E-state index contributed by atoms with van der Waals surface area (Å²) >= 11 is 0. The van der Waals surface area contributed by atoms with E-state index in [-0.39, 0.29) is 47.3 Å². The first-order valence-electron chi connectivity index (χ1n) is 14.2. The Morgan fingerprint density at radius 3 is 2.30 bits per heavy atom. The number of ether oxygens (including phenoxy) is 1. The fourth-order valence-electron chi connectivity index (χ4n) is 6.83. The summed E-state index contributed by atoms with van der Waals surface area (Å²) in [5.74, 6) is -0.444. The van der Waals surface area contributed by atoms with Crippen LogP contribution in [0.3, 0.4) is 0 Å². The molecule has 2 aliphatic heterocycles. The van der Waals surface area contributed by atoms with Crippen molar-refractivity contribution in [3.8, 4) is 5.75 Å². The number of rotatable bonds is 7. The largest absolute Gasteiger partial charge is 0.507 e. The zero-order valence-corrected chi connectivity index (χ0v) is 23.0. The van der Waals surface area contributed by atoms with Crippen molar-refractivity contribution in [3.63, 3.8) is 0 Å². The van der Waals surface area contributed by atoms with Gasteiger partial charge in [0.1, 0.15) is 5.75 Å². The van der Waals surface area contributed by atoms with Crippen LogP contribution in [0.1, 0.15) is 44.2 Å². The van der Waals surface area contributed by atoms with Crippen LogP contribution in [0.2, 0.25) is 0 Å². The molecule has 3 aromatic carbocycles. The number of nitrogens with zero attached hydrogens (tertiary/aromatic N) is 1. The molecule has 3 aliphatic rings. The minimum atomic E-state index is -0.374. The summed E-state index contributed by atoms with van der Waals surface area (Å²) in [5.41, 5.74) is 6.18. The van der Waals surface area contributed by atoms with E-state index >= 15 is 0 Å². The number of allylic oxidation sites excluding steroid dienone is 2. The molecule has 4 atom stereocenters. The van der Waals surface area contributed by atoms with Gasteiger partial charge in [0, 0.05) is 11.5 Å². The van der Waals surface area contributed by atoms with Crippen molar-refractivity contribution >= 4 is 29.2 Å². The maximum Gasteiger partial charge on any atom is 0.238 e. The fraction of sp³-hybridized carbons (Fsp3) is 0.314. The predicted octanol–water partition coefficient (Wildman–Crippen LogP) is 6.89. The molecule has 0 bridgehead atoms. The highest BCUT2D eigenvalue weighted by atomic mass is 16.5. The molecule has 5 heteroatoms. The molecule has 5 nitrogen and oxygen atoms in total. The number of aromatic hydroxyl groups is 1. The van der Waals surface area contributed by atoms with Gasteiger partial charge in [0.15, 0.2) is 0 Å². The smallest absolute Gasteiger partial charge is 0.238 e. The zero-order valence-electron chi connectivity index (χ0n) is 23.0. The van der Waals surface area contributed by atoms with Crippen molar-refractivity contribution in [1.82, 2.24) is 0 Å². The molecule has 40 heavy (non-hydrogen) atoms. The number of carbonyl (C=O) groups excluding carboxylic acids is 2. The average molecular weight is 534 g/mol. The number of para-hydroxylation sites is 2. The van der Waals surface area contributed by atoms with Crippen molar-refractivity contribution in [2.75, 3.05) is 11.5 Å². The Hall–Kier alpha value is -3.96. The highest BCUT2D eigenvalue weighted by Gasteiger charge is 2.57. The fourth-order valence-corrected chi connectivity index (χ4v) is 6.83. The van der Waals surface area contributed by atoms with Crippen LogP contribution < -0.4 is 4.90 Å². The topological polar surface area (TPSA) is 66.8 Å². The number of amides is 2. The Morgan fingerprint density at radius 1 is 0.925 bits per heavy atom. The van der Waals surface area contributed by atoms with Crippen molar-refractivity contribution in [2.45, 2.75) is 39.2 Å². The summed E-state index contributed by atoms with van der Waals surface area (Å²) in [6, 6.07) is 26.9. The molecular formula is C35H35NO4. The van der Waals surface area contributed by atoms with E-state index in [1.165, 1.54) is 16.0 Å². The molecule has 6 rings (SSSR count). The lowest BCUT2D eigenvalue weighted by atomic mass is 9.67. The first-order chi connectivity index (χ1) is 19.4. The molecule has 2 saturated heterocycles. The molecule has 3 aromatic rings. The Labute approximate surface area is 235 Å². The van der Waals surface area contributed by atoms with E-state index in [2.05, 4.69) is 32.1 Å². The van der Waals surface area contributed by atoms with Gasteiger partial charge in [-0.05, 0) is 66.2 Å². The normalized spacial score (nSPS) is 24.6. The maximum atomic E-state index is 13.8. The number of fused-ring (bicyclic) bond motifs is 3. The number of benzene rings is 3. The van der Waals surface area contributed by atoms with Crippen molar-refractivity contribution in [3.05, 3.63) is 107 Å². The van der Waals surface area contributed by atoms with Gasteiger partial charge in [-0.25, -0.2) is 0 Å². The number of anilines is 1. The lowest BCUT2D eigenvalue weighted by molar-refractivity contribution is -0.122. The van der Waals surface area contributed by atoms with Gasteiger partial charge >= 0.3 is 0 Å². The summed E-state index contributed by atoms with van der Waals surface area (Å²) in [5, 5.41) is 10.4. The van der Waals surface area contributed by atoms with Crippen LogP contribution in [0.5, 0.6) is 5.75 Å². The number of phenols is 1. The second-order valence-electron chi connectivity index (χ2n) is 11.4. The summed E-state index contributed by atoms with van der Waals surface area (Å²) in [4.78, 5) is 28.7. The van der Waals surface area contributed by atoms with E-state index in [0.29, 0.717) is 18.7 Å². The third kappa shape index (κ3) is 4.69. The molecule has 0 aromatic heterocycles. The lowest BCUT2D eigenvalue weighted by Crippen LogP contribution is -2.35. The summed E-state index contributed by atoms with van der Waals surface area (Å²) < 4.78 is 6.46. The zero-order chi connectivity index (χ0) is 27.8. The number of hydrogen-bond donors (Lipinski definition) is 1. The third-order valence-corrected chi connectivity index (χ3v) is 8.74. The van der Waals surface area contributed by atoms with Gasteiger partial charge in [-0.1, -0.05) is 86.2 Å². The van der Waals surface area contributed by atoms with Crippen LogP contribution in [-0.4, -0.2) is 29.6 Å². The highest BCUT2D eigenvalue weighted by Crippen LogP contribution is 2.52. The summed E-state index contributed by atoms with van der Waals surface area (Å²) in [7, 11) is 0. The minimum absolute atomic E-state index is 0.0753. The third-order valence-electron chi connectivity index (χ3n) is 8.74. The predicted molar refractivity (Wildman–Crippen MR) is 157 cm³/mol. The summed E-state index contributed by atoms with van der Waals surface area (Å²) in [6.07, 6.45) is 4.08. The molecule has 204 valence electrons. The van der Waals surface area contributed by atoms with E-state index in [1.807, 2.05) is 66.7 Å². The second kappa shape index (κ2) is 10.9. The molecule has 0 radical (unpaired) electrons. The molecule has 1 N–H and O–H groups in total. The molecule has 0 unspecified atom stereocenters. The molecule has 0 spiro atoms. The monoisotopic (exact) mass is 533 g/mol. The lowest BCUT2D eigenvalue weighted by Gasteiger charge is -2.33. The van der Waals surface area contributed by atoms with Crippen LogP contribution in [0.15, 0.2) is 96.1 Å². The summed E-state index contributed by atoms with van der Waals surface area (Å²) in [6.45, 7) is 4.82. The quantitative estimate of drug-likeness (QED) is 0.204. The van der Waals surface area contributed by atoms with Crippen LogP contribution >= 0.6 is 0 Å². The Morgan fingerprint density at radius 2 is 1.60 bits per heavy atom. The Kier molecular flexibility index (Phi) is 7.16. The van der Waals surface area contributed by atoms with Crippen LogP contribution in [0, 0.1) is 23.7 Å². The van der Waals surface area contributed by atoms with E-state index in [9.17, 15) is 14.7 Å².